The van der Waals surface area contributed by atoms with Gasteiger partial charge in [-0.25, -0.2) is 9.97 Å². The molecular formula is C15H16Cl2N2. The van der Waals surface area contributed by atoms with Crippen molar-refractivity contribution in [2.45, 2.75) is 32.6 Å². The minimum absolute atomic E-state index is 0.0404. The van der Waals surface area contributed by atoms with Crippen LogP contribution in [-0.2, 0) is 11.8 Å². The maximum atomic E-state index is 6.08. The molecule has 0 aliphatic carbocycles. The molecule has 4 heteroatoms. The van der Waals surface area contributed by atoms with Gasteiger partial charge in [0.05, 0.1) is 5.69 Å². The molecule has 0 N–H and O–H groups in total. The maximum Gasteiger partial charge on any atom is 0.134 e. The molecule has 1 aromatic heterocycles. The minimum Gasteiger partial charge on any atom is -0.237 e. The summed E-state index contributed by atoms with van der Waals surface area (Å²) in [5, 5.41) is 1.22. The summed E-state index contributed by atoms with van der Waals surface area (Å²) in [5.74, 6) is 0.736. The summed E-state index contributed by atoms with van der Waals surface area (Å²) in [6, 6.07) is 9.51. The number of hydrogen-bond acceptors (Lipinski definition) is 2. The Balaban J connectivity index is 2.30. The minimum atomic E-state index is -0.0404. The predicted octanol–water partition coefficient (Wildman–Crippen LogP) is 4.67. The molecule has 0 aliphatic rings. The van der Waals surface area contributed by atoms with Crippen LogP contribution >= 0.6 is 23.2 Å². The topological polar surface area (TPSA) is 25.8 Å². The van der Waals surface area contributed by atoms with Crippen LogP contribution in [0.4, 0.5) is 0 Å². The lowest BCUT2D eigenvalue weighted by Gasteiger charge is -2.18. The predicted molar refractivity (Wildman–Crippen MR) is 80.0 cm³/mol. The van der Waals surface area contributed by atoms with E-state index in [2.05, 4.69) is 30.7 Å². The van der Waals surface area contributed by atoms with Gasteiger partial charge in [-0.15, -0.1) is 0 Å². The zero-order valence-corrected chi connectivity index (χ0v) is 12.8. The van der Waals surface area contributed by atoms with Crippen LogP contribution in [0.1, 0.15) is 37.9 Å². The van der Waals surface area contributed by atoms with E-state index in [0.29, 0.717) is 11.6 Å². The van der Waals surface area contributed by atoms with Gasteiger partial charge in [0.25, 0.3) is 0 Å². The third-order valence-corrected chi connectivity index (χ3v) is 3.23. The van der Waals surface area contributed by atoms with Gasteiger partial charge in [-0.2, -0.15) is 0 Å². The van der Waals surface area contributed by atoms with E-state index in [9.17, 15) is 0 Å². The molecular weight excluding hydrogens is 279 g/mol. The highest BCUT2D eigenvalue weighted by atomic mass is 35.5. The standard InChI is InChI=1S/C15H16Cl2N2/c1-15(2,3)12-9-13(17)19-14(18-12)8-10-4-6-11(16)7-5-10/h4-7,9H,8H2,1-3H3. The first-order valence-electron chi connectivity index (χ1n) is 6.13. The Labute approximate surface area is 123 Å². The Kier molecular flexibility index (Phi) is 4.12. The van der Waals surface area contributed by atoms with Crippen molar-refractivity contribution in [3.63, 3.8) is 0 Å². The van der Waals surface area contributed by atoms with Crippen molar-refractivity contribution in [2.24, 2.45) is 0 Å². The second-order valence-electron chi connectivity index (χ2n) is 5.55. The largest absolute Gasteiger partial charge is 0.237 e. The molecule has 0 saturated carbocycles. The number of halogens is 2. The summed E-state index contributed by atoms with van der Waals surface area (Å²) < 4.78 is 0. The highest BCUT2D eigenvalue weighted by Gasteiger charge is 2.17. The first-order valence-corrected chi connectivity index (χ1v) is 6.88. The molecule has 0 spiro atoms. The lowest BCUT2D eigenvalue weighted by atomic mass is 9.92. The van der Waals surface area contributed by atoms with Gasteiger partial charge in [-0.1, -0.05) is 56.1 Å². The molecule has 0 bridgehead atoms. The molecule has 0 radical (unpaired) electrons. The zero-order chi connectivity index (χ0) is 14.0. The fraction of sp³-hybridized carbons (Fsp3) is 0.333. The van der Waals surface area contributed by atoms with E-state index < -0.39 is 0 Å². The molecule has 1 heterocycles. The van der Waals surface area contributed by atoms with Gasteiger partial charge in [0, 0.05) is 16.9 Å². The van der Waals surface area contributed by atoms with E-state index in [4.69, 9.17) is 23.2 Å². The molecule has 100 valence electrons. The van der Waals surface area contributed by atoms with Crippen molar-refractivity contribution in [1.82, 2.24) is 9.97 Å². The highest BCUT2D eigenvalue weighted by molar-refractivity contribution is 6.30. The molecule has 2 aromatic rings. The van der Waals surface area contributed by atoms with Crippen LogP contribution in [0.15, 0.2) is 30.3 Å². The quantitative estimate of drug-likeness (QED) is 0.752. The van der Waals surface area contributed by atoms with Crippen LogP contribution in [0.5, 0.6) is 0 Å². The van der Waals surface area contributed by atoms with Crippen molar-refractivity contribution < 1.29 is 0 Å². The SMILES string of the molecule is CC(C)(C)c1cc(Cl)nc(Cc2ccc(Cl)cc2)n1. The van der Waals surface area contributed by atoms with Gasteiger partial charge in [-0.05, 0) is 23.8 Å². The van der Waals surface area contributed by atoms with Crippen LogP contribution in [0.25, 0.3) is 0 Å². The van der Waals surface area contributed by atoms with Crippen LogP contribution < -0.4 is 0 Å². The normalized spacial score (nSPS) is 11.6. The molecule has 0 aliphatic heterocycles. The fourth-order valence-corrected chi connectivity index (χ4v) is 2.04. The Morgan fingerprint density at radius 3 is 2.21 bits per heavy atom. The van der Waals surface area contributed by atoms with Crippen molar-refractivity contribution >= 4 is 23.2 Å². The first kappa shape index (κ1) is 14.3. The molecule has 0 saturated heterocycles. The van der Waals surface area contributed by atoms with E-state index in [-0.39, 0.29) is 5.41 Å². The molecule has 0 unspecified atom stereocenters. The van der Waals surface area contributed by atoms with Gasteiger partial charge in [0.2, 0.25) is 0 Å². The Morgan fingerprint density at radius 1 is 1.00 bits per heavy atom. The number of nitrogens with zero attached hydrogens (tertiary/aromatic N) is 2. The van der Waals surface area contributed by atoms with E-state index >= 15 is 0 Å². The van der Waals surface area contributed by atoms with E-state index in [1.165, 1.54) is 0 Å². The van der Waals surface area contributed by atoms with Crippen molar-refractivity contribution in [3.05, 3.63) is 57.6 Å². The van der Waals surface area contributed by atoms with Gasteiger partial charge >= 0.3 is 0 Å². The summed E-state index contributed by atoms with van der Waals surface area (Å²) in [7, 11) is 0. The van der Waals surface area contributed by atoms with E-state index in [0.717, 1.165) is 22.1 Å². The summed E-state index contributed by atoms with van der Waals surface area (Å²) in [4.78, 5) is 8.88. The summed E-state index contributed by atoms with van der Waals surface area (Å²) in [5.41, 5.74) is 2.03. The third kappa shape index (κ3) is 3.92. The average Bonchev–Trinajstić information content (AvgIpc) is 2.30. The highest BCUT2D eigenvalue weighted by Crippen LogP contribution is 2.23. The summed E-state index contributed by atoms with van der Waals surface area (Å²) in [6.45, 7) is 6.33. The van der Waals surface area contributed by atoms with Crippen molar-refractivity contribution in [1.29, 1.82) is 0 Å². The number of hydrogen-bond donors (Lipinski definition) is 0. The Bertz CT molecular complexity index is 572. The van der Waals surface area contributed by atoms with Crippen LogP contribution in [0.2, 0.25) is 10.2 Å². The molecule has 2 nitrogen and oxygen atoms in total. The third-order valence-electron chi connectivity index (χ3n) is 2.79. The van der Waals surface area contributed by atoms with Gasteiger partial charge in [0.15, 0.2) is 0 Å². The second kappa shape index (κ2) is 5.48. The van der Waals surface area contributed by atoms with Gasteiger partial charge < -0.3 is 0 Å². The van der Waals surface area contributed by atoms with Crippen molar-refractivity contribution in [3.8, 4) is 0 Å². The van der Waals surface area contributed by atoms with Gasteiger partial charge in [-0.3, -0.25) is 0 Å². The summed E-state index contributed by atoms with van der Waals surface area (Å²) in [6.07, 6.45) is 0.654. The molecule has 19 heavy (non-hydrogen) atoms. The second-order valence-corrected chi connectivity index (χ2v) is 6.37. The van der Waals surface area contributed by atoms with Crippen LogP contribution in [-0.4, -0.2) is 9.97 Å². The molecule has 2 rings (SSSR count). The average molecular weight is 295 g/mol. The molecule has 0 atom stereocenters. The molecule has 0 amide bonds. The number of rotatable bonds is 2. The lowest BCUT2D eigenvalue weighted by Crippen LogP contribution is -2.15. The molecule has 0 fully saturated rings. The Morgan fingerprint density at radius 2 is 1.63 bits per heavy atom. The molecule has 1 aromatic carbocycles. The fourth-order valence-electron chi connectivity index (χ4n) is 1.71. The van der Waals surface area contributed by atoms with Crippen LogP contribution in [0, 0.1) is 0 Å². The lowest BCUT2D eigenvalue weighted by molar-refractivity contribution is 0.563. The van der Waals surface area contributed by atoms with Crippen molar-refractivity contribution in [2.75, 3.05) is 0 Å². The van der Waals surface area contributed by atoms with Gasteiger partial charge in [0.1, 0.15) is 11.0 Å². The summed E-state index contributed by atoms with van der Waals surface area (Å²) >= 11 is 11.9. The van der Waals surface area contributed by atoms with Crippen LogP contribution in [0.3, 0.4) is 0 Å². The first-order chi connectivity index (χ1) is 8.84. The van der Waals surface area contributed by atoms with E-state index in [1.807, 2.05) is 30.3 Å². The maximum absolute atomic E-state index is 6.08. The smallest absolute Gasteiger partial charge is 0.134 e. The monoisotopic (exact) mass is 294 g/mol. The van der Waals surface area contributed by atoms with E-state index in [1.54, 1.807) is 0 Å². The number of aromatic nitrogens is 2. The number of benzene rings is 1. The zero-order valence-electron chi connectivity index (χ0n) is 11.2. The Hall–Kier alpha value is -1.12.